The fraction of sp³-hybridized carbons (Fsp3) is 0.381. The van der Waals surface area contributed by atoms with Gasteiger partial charge in [-0.15, -0.1) is 0 Å². The molecule has 0 bridgehead atoms. The Morgan fingerprint density at radius 3 is 2.61 bits per heavy atom. The number of hydrogen-bond donors (Lipinski definition) is 1. The number of Topliss-reactive ketones (excluding diaryl/α,β-unsaturated/α-hetero) is 1. The van der Waals surface area contributed by atoms with Crippen molar-refractivity contribution in [3.63, 3.8) is 0 Å². The molecule has 7 nitrogen and oxygen atoms in total. The maximum absolute atomic E-state index is 12.9. The van der Waals surface area contributed by atoms with E-state index >= 15 is 0 Å². The maximum Gasteiger partial charge on any atom is 0.343 e. The van der Waals surface area contributed by atoms with Crippen LogP contribution in [0.1, 0.15) is 38.2 Å². The van der Waals surface area contributed by atoms with Gasteiger partial charge >= 0.3 is 5.97 Å². The van der Waals surface area contributed by atoms with E-state index in [1.807, 2.05) is 13.8 Å². The van der Waals surface area contributed by atoms with Crippen molar-refractivity contribution in [3.05, 3.63) is 52.6 Å². The second-order valence-electron chi connectivity index (χ2n) is 7.64. The summed E-state index contributed by atoms with van der Waals surface area (Å²) in [6, 6.07) is 8.95. The predicted octanol–water partition coefficient (Wildman–Crippen LogP) is 2.69. The van der Waals surface area contributed by atoms with Crippen LogP contribution in [0.2, 0.25) is 0 Å². The van der Waals surface area contributed by atoms with E-state index in [-0.39, 0.29) is 29.3 Å². The van der Waals surface area contributed by atoms with E-state index in [0.717, 1.165) is 5.56 Å². The second-order valence-corrected chi connectivity index (χ2v) is 7.64. The smallest absolute Gasteiger partial charge is 0.343 e. The van der Waals surface area contributed by atoms with Gasteiger partial charge in [-0.05, 0) is 23.1 Å². The number of nitriles is 1. The highest BCUT2D eigenvalue weighted by Crippen LogP contribution is 2.47. The first kappa shape index (κ1) is 19.5. The Kier molecular flexibility index (Phi) is 5.14. The van der Waals surface area contributed by atoms with Crippen LogP contribution in [0.5, 0.6) is 5.75 Å². The van der Waals surface area contributed by atoms with E-state index < -0.39 is 11.9 Å². The SMILES string of the molecule is COC(=O)COc1ccc([C@H]2C(C#N)=C(N)OC3=C2C(=O)CC(C)(C)C3)cc1. The van der Waals surface area contributed by atoms with Gasteiger partial charge in [0.1, 0.15) is 23.2 Å². The molecule has 28 heavy (non-hydrogen) atoms. The molecule has 0 spiro atoms. The van der Waals surface area contributed by atoms with Gasteiger partial charge in [-0.1, -0.05) is 26.0 Å². The van der Waals surface area contributed by atoms with E-state index in [2.05, 4.69) is 10.8 Å². The van der Waals surface area contributed by atoms with Crippen LogP contribution in [0, 0.1) is 16.7 Å². The first-order valence-corrected chi connectivity index (χ1v) is 8.89. The molecule has 1 aromatic rings. The molecule has 1 atom stereocenters. The second kappa shape index (κ2) is 7.39. The first-order valence-electron chi connectivity index (χ1n) is 8.89. The maximum atomic E-state index is 12.9. The number of carbonyl (C=O) groups excluding carboxylic acids is 2. The van der Waals surface area contributed by atoms with Gasteiger partial charge in [0, 0.05) is 18.4 Å². The van der Waals surface area contributed by atoms with E-state index in [0.29, 0.717) is 29.9 Å². The predicted molar refractivity (Wildman–Crippen MR) is 99.7 cm³/mol. The zero-order valence-electron chi connectivity index (χ0n) is 16.1. The van der Waals surface area contributed by atoms with Gasteiger partial charge in [0.25, 0.3) is 0 Å². The van der Waals surface area contributed by atoms with Crippen LogP contribution in [-0.4, -0.2) is 25.5 Å². The van der Waals surface area contributed by atoms with Gasteiger partial charge in [-0.25, -0.2) is 4.79 Å². The zero-order chi connectivity index (χ0) is 20.5. The van der Waals surface area contributed by atoms with Crippen molar-refractivity contribution < 1.29 is 23.8 Å². The lowest BCUT2D eigenvalue weighted by Crippen LogP contribution is -2.33. The van der Waals surface area contributed by atoms with Gasteiger partial charge < -0.3 is 19.9 Å². The molecule has 0 radical (unpaired) electrons. The van der Waals surface area contributed by atoms with Gasteiger partial charge in [0.15, 0.2) is 12.4 Å². The summed E-state index contributed by atoms with van der Waals surface area (Å²) in [4.78, 5) is 24.1. The molecule has 0 saturated heterocycles. The molecule has 3 rings (SSSR count). The van der Waals surface area contributed by atoms with Crippen molar-refractivity contribution in [2.75, 3.05) is 13.7 Å². The number of allylic oxidation sites excluding steroid dienone is 3. The normalized spacial score (nSPS) is 20.8. The number of rotatable bonds is 4. The number of ketones is 1. The highest BCUT2D eigenvalue weighted by molar-refractivity contribution is 6.00. The van der Waals surface area contributed by atoms with Gasteiger partial charge in [-0.2, -0.15) is 5.26 Å². The molecule has 2 N–H and O–H groups in total. The summed E-state index contributed by atoms with van der Waals surface area (Å²) in [5, 5.41) is 9.62. The topological polar surface area (TPSA) is 112 Å². The van der Waals surface area contributed by atoms with Crippen LogP contribution in [0.15, 0.2) is 47.1 Å². The van der Waals surface area contributed by atoms with Crippen molar-refractivity contribution in [3.8, 4) is 11.8 Å². The molecule has 1 aliphatic heterocycles. The monoisotopic (exact) mass is 382 g/mol. The molecule has 1 heterocycles. The molecule has 2 aliphatic rings. The number of ether oxygens (including phenoxy) is 3. The van der Waals surface area contributed by atoms with Crippen molar-refractivity contribution >= 4 is 11.8 Å². The van der Waals surface area contributed by atoms with E-state index in [1.165, 1.54) is 7.11 Å². The average molecular weight is 382 g/mol. The summed E-state index contributed by atoms with van der Waals surface area (Å²) in [5.41, 5.74) is 7.21. The van der Waals surface area contributed by atoms with Crippen LogP contribution < -0.4 is 10.5 Å². The third kappa shape index (κ3) is 3.72. The standard InChI is InChI=1S/C21H22N2O5/c1-21(2)8-15(24)19-16(9-21)28-20(23)14(10-22)18(19)12-4-6-13(7-5-12)27-11-17(25)26-3/h4-7,18H,8-9,11,23H2,1-3H3/t18-/m0/s1. The minimum Gasteiger partial charge on any atom is -0.482 e. The fourth-order valence-electron chi connectivity index (χ4n) is 3.58. The van der Waals surface area contributed by atoms with E-state index in [9.17, 15) is 14.9 Å². The van der Waals surface area contributed by atoms with Gasteiger partial charge in [-0.3, -0.25) is 4.79 Å². The van der Waals surface area contributed by atoms with Gasteiger partial charge in [0.2, 0.25) is 5.88 Å². The van der Waals surface area contributed by atoms with Crippen molar-refractivity contribution in [1.29, 1.82) is 5.26 Å². The number of methoxy groups -OCH3 is 1. The Hall–Kier alpha value is -3.27. The summed E-state index contributed by atoms with van der Waals surface area (Å²) in [6.45, 7) is 3.80. The van der Waals surface area contributed by atoms with Crippen molar-refractivity contribution in [1.82, 2.24) is 0 Å². The molecule has 0 fully saturated rings. The fourth-order valence-corrected chi connectivity index (χ4v) is 3.58. The minimum atomic E-state index is -0.577. The lowest BCUT2D eigenvalue weighted by Gasteiger charge is -2.37. The number of benzene rings is 1. The number of hydrogen-bond acceptors (Lipinski definition) is 7. The van der Waals surface area contributed by atoms with E-state index in [1.54, 1.807) is 24.3 Å². The third-order valence-corrected chi connectivity index (χ3v) is 4.87. The summed E-state index contributed by atoms with van der Waals surface area (Å²) < 4.78 is 15.6. The number of carbonyl (C=O) groups is 2. The molecular weight excluding hydrogens is 360 g/mol. The number of nitrogens with zero attached hydrogens (tertiary/aromatic N) is 1. The summed E-state index contributed by atoms with van der Waals surface area (Å²) in [5.74, 6) is -0.0609. The molecule has 1 aromatic carbocycles. The summed E-state index contributed by atoms with van der Waals surface area (Å²) in [6.07, 6.45) is 0.953. The highest BCUT2D eigenvalue weighted by atomic mass is 16.6. The quantitative estimate of drug-likeness (QED) is 0.797. The van der Waals surface area contributed by atoms with Crippen molar-refractivity contribution in [2.45, 2.75) is 32.6 Å². The molecule has 146 valence electrons. The third-order valence-electron chi connectivity index (χ3n) is 4.87. The zero-order valence-corrected chi connectivity index (χ0v) is 16.1. The number of esters is 1. The molecule has 0 unspecified atom stereocenters. The number of nitrogens with two attached hydrogens (primary N) is 1. The first-order chi connectivity index (χ1) is 13.3. The average Bonchev–Trinajstić information content (AvgIpc) is 2.64. The molecular formula is C21H22N2O5. The summed E-state index contributed by atoms with van der Waals surface area (Å²) in [7, 11) is 1.29. The Bertz CT molecular complexity index is 919. The molecule has 0 aromatic heterocycles. The van der Waals surface area contributed by atoms with Crippen LogP contribution in [-0.2, 0) is 19.1 Å². The van der Waals surface area contributed by atoms with Crippen LogP contribution in [0.25, 0.3) is 0 Å². The Morgan fingerprint density at radius 1 is 1.32 bits per heavy atom. The van der Waals surface area contributed by atoms with Crippen LogP contribution in [0.3, 0.4) is 0 Å². The van der Waals surface area contributed by atoms with Crippen LogP contribution >= 0.6 is 0 Å². The molecule has 7 heteroatoms. The molecule has 1 aliphatic carbocycles. The lowest BCUT2D eigenvalue weighted by molar-refractivity contribution is -0.142. The van der Waals surface area contributed by atoms with Gasteiger partial charge in [0.05, 0.1) is 13.0 Å². The Morgan fingerprint density at radius 2 is 2.00 bits per heavy atom. The largest absolute Gasteiger partial charge is 0.482 e. The summed E-state index contributed by atoms with van der Waals surface area (Å²) >= 11 is 0. The molecule has 0 saturated carbocycles. The minimum absolute atomic E-state index is 0.0303. The van der Waals surface area contributed by atoms with Crippen LogP contribution in [0.4, 0.5) is 0 Å². The highest BCUT2D eigenvalue weighted by Gasteiger charge is 2.42. The lowest BCUT2D eigenvalue weighted by atomic mass is 9.70. The Balaban J connectivity index is 1.96. The molecule has 0 amide bonds. The Labute approximate surface area is 163 Å². The van der Waals surface area contributed by atoms with E-state index in [4.69, 9.17) is 15.2 Å². The van der Waals surface area contributed by atoms with Crippen molar-refractivity contribution in [2.24, 2.45) is 11.1 Å².